The molecule has 4 rings (SSSR count). The van der Waals surface area contributed by atoms with Crippen LogP contribution in [0.25, 0.3) is 10.9 Å². The van der Waals surface area contributed by atoms with E-state index in [1.165, 1.54) is 24.1 Å². The lowest BCUT2D eigenvalue weighted by Gasteiger charge is -2.16. The fourth-order valence-electron chi connectivity index (χ4n) is 3.21. The number of anilines is 2. The first-order chi connectivity index (χ1) is 15.9. The summed E-state index contributed by atoms with van der Waals surface area (Å²) in [6, 6.07) is 3.32. The van der Waals surface area contributed by atoms with E-state index in [1.807, 2.05) is 0 Å². The molecule has 1 saturated carbocycles. The van der Waals surface area contributed by atoms with E-state index in [0.29, 0.717) is 0 Å². The van der Waals surface area contributed by atoms with Gasteiger partial charge in [-0.05, 0) is 31.9 Å². The summed E-state index contributed by atoms with van der Waals surface area (Å²) in [4.78, 5) is 49.8. The second kappa shape index (κ2) is 9.10. The van der Waals surface area contributed by atoms with Crippen LogP contribution in [-0.4, -0.2) is 51.1 Å². The summed E-state index contributed by atoms with van der Waals surface area (Å²) in [5, 5.41) is 5.72. The average Bonchev–Trinajstić information content (AvgIpc) is 3.61. The second-order valence-corrected chi connectivity index (χ2v) is 7.39. The molecule has 12 nitrogen and oxygen atoms in total. The Kier molecular flexibility index (Phi) is 6.07. The maximum Gasteiger partial charge on any atom is 0.262 e. The number of fused-ring (bicyclic) bond motifs is 1. The highest BCUT2D eigenvalue weighted by Gasteiger charge is 2.24. The number of methoxy groups -OCH3 is 1. The standard InChI is InChI=1S/C21H23N7O5/c1-3-28-19(31)13-6-7-14(33-10-15(29)25-12-4-5-12)17(32-2)16(13)26-21(28)27-18(30)11-8-23-20(22)24-9-11/h6-9,12H,3-5,10H2,1-2H3,(H,25,29)(H2,22,23,24)(H,26,27,30). The molecular formula is C21H23N7O5. The van der Waals surface area contributed by atoms with E-state index < -0.39 is 5.91 Å². The van der Waals surface area contributed by atoms with Gasteiger partial charge in [-0.2, -0.15) is 0 Å². The van der Waals surface area contributed by atoms with Gasteiger partial charge in [-0.3, -0.25) is 24.3 Å². The van der Waals surface area contributed by atoms with Gasteiger partial charge in [-0.1, -0.05) is 0 Å². The molecule has 0 atom stereocenters. The molecule has 1 aliphatic carbocycles. The molecule has 1 aliphatic rings. The van der Waals surface area contributed by atoms with E-state index in [0.717, 1.165) is 12.8 Å². The topological polar surface area (TPSA) is 163 Å². The van der Waals surface area contributed by atoms with Crippen LogP contribution in [0.2, 0.25) is 0 Å². The van der Waals surface area contributed by atoms with Crippen LogP contribution in [-0.2, 0) is 11.3 Å². The number of benzene rings is 1. The van der Waals surface area contributed by atoms with Crippen LogP contribution in [0.1, 0.15) is 30.1 Å². The highest BCUT2D eigenvalue weighted by atomic mass is 16.5. The van der Waals surface area contributed by atoms with Gasteiger partial charge in [0, 0.05) is 25.0 Å². The van der Waals surface area contributed by atoms with Gasteiger partial charge in [-0.25, -0.2) is 15.0 Å². The lowest BCUT2D eigenvalue weighted by atomic mass is 10.2. The summed E-state index contributed by atoms with van der Waals surface area (Å²) < 4.78 is 12.4. The maximum atomic E-state index is 13.1. The Balaban J connectivity index is 1.68. The SMILES string of the molecule is CCn1c(NC(=O)c2cnc(N)nc2)nc2c(OC)c(OCC(=O)NC3CC3)ccc2c1=O. The summed E-state index contributed by atoms with van der Waals surface area (Å²) in [5.41, 5.74) is 5.42. The third-order valence-electron chi connectivity index (χ3n) is 5.03. The van der Waals surface area contributed by atoms with Crippen molar-refractivity contribution in [3.05, 3.63) is 40.4 Å². The van der Waals surface area contributed by atoms with E-state index in [-0.39, 0.29) is 70.5 Å². The van der Waals surface area contributed by atoms with Crippen molar-refractivity contribution in [2.24, 2.45) is 0 Å². The molecular weight excluding hydrogens is 430 g/mol. The first-order valence-electron chi connectivity index (χ1n) is 10.3. The fraction of sp³-hybridized carbons (Fsp3) is 0.333. The number of hydrogen-bond acceptors (Lipinski definition) is 9. The molecule has 0 radical (unpaired) electrons. The molecule has 0 bridgehead atoms. The molecule has 33 heavy (non-hydrogen) atoms. The molecule has 4 N–H and O–H groups in total. The first-order valence-corrected chi connectivity index (χ1v) is 10.3. The van der Waals surface area contributed by atoms with E-state index >= 15 is 0 Å². The lowest BCUT2D eigenvalue weighted by Crippen LogP contribution is -2.30. The quantitative estimate of drug-likeness (QED) is 0.445. The van der Waals surface area contributed by atoms with Gasteiger partial charge < -0.3 is 20.5 Å². The van der Waals surface area contributed by atoms with Crippen molar-refractivity contribution in [1.82, 2.24) is 24.8 Å². The van der Waals surface area contributed by atoms with Gasteiger partial charge >= 0.3 is 0 Å². The Labute approximate surface area is 188 Å². The van der Waals surface area contributed by atoms with Gasteiger partial charge in [0.25, 0.3) is 17.4 Å². The number of carbonyl (C=O) groups excluding carboxylic acids is 2. The Hall–Kier alpha value is -4.22. The third kappa shape index (κ3) is 4.68. The van der Waals surface area contributed by atoms with Crippen LogP contribution in [0.15, 0.2) is 29.3 Å². The molecule has 0 saturated heterocycles. The zero-order valence-electron chi connectivity index (χ0n) is 18.1. The molecule has 12 heteroatoms. The highest BCUT2D eigenvalue weighted by Crippen LogP contribution is 2.34. The smallest absolute Gasteiger partial charge is 0.262 e. The minimum atomic E-state index is -0.563. The maximum absolute atomic E-state index is 13.1. The van der Waals surface area contributed by atoms with Crippen LogP contribution in [0.4, 0.5) is 11.9 Å². The Morgan fingerprint density at radius 2 is 1.97 bits per heavy atom. The minimum Gasteiger partial charge on any atom is -0.491 e. The molecule has 172 valence electrons. The molecule has 0 unspecified atom stereocenters. The van der Waals surface area contributed by atoms with E-state index in [9.17, 15) is 14.4 Å². The Morgan fingerprint density at radius 3 is 2.61 bits per heavy atom. The van der Waals surface area contributed by atoms with Gasteiger partial charge in [0.15, 0.2) is 18.1 Å². The van der Waals surface area contributed by atoms with Crippen molar-refractivity contribution < 1.29 is 19.1 Å². The number of rotatable bonds is 8. The van der Waals surface area contributed by atoms with E-state index in [1.54, 1.807) is 19.1 Å². The molecule has 1 fully saturated rings. The van der Waals surface area contributed by atoms with E-state index in [2.05, 4.69) is 25.6 Å². The molecule has 2 heterocycles. The van der Waals surface area contributed by atoms with Crippen molar-refractivity contribution in [1.29, 1.82) is 0 Å². The average molecular weight is 453 g/mol. The predicted octanol–water partition coefficient (Wildman–Crippen LogP) is 0.707. The number of hydrogen-bond donors (Lipinski definition) is 3. The number of ether oxygens (including phenoxy) is 2. The fourth-order valence-corrected chi connectivity index (χ4v) is 3.21. The zero-order chi connectivity index (χ0) is 23.5. The predicted molar refractivity (Wildman–Crippen MR) is 119 cm³/mol. The van der Waals surface area contributed by atoms with Crippen molar-refractivity contribution in [3.8, 4) is 11.5 Å². The summed E-state index contributed by atoms with van der Waals surface area (Å²) in [6.45, 7) is 1.81. The number of carbonyl (C=O) groups is 2. The van der Waals surface area contributed by atoms with Gasteiger partial charge in [0.2, 0.25) is 11.9 Å². The van der Waals surface area contributed by atoms with Gasteiger partial charge in [0.05, 0.1) is 18.1 Å². The van der Waals surface area contributed by atoms with Crippen molar-refractivity contribution in [3.63, 3.8) is 0 Å². The number of nitrogens with one attached hydrogen (secondary N) is 2. The zero-order valence-corrected chi connectivity index (χ0v) is 18.1. The van der Waals surface area contributed by atoms with Crippen LogP contribution in [0.3, 0.4) is 0 Å². The summed E-state index contributed by atoms with van der Waals surface area (Å²) in [5.74, 6) is -0.332. The molecule has 0 spiro atoms. The largest absolute Gasteiger partial charge is 0.491 e. The number of nitrogens with two attached hydrogens (primary N) is 1. The Bertz CT molecular complexity index is 1270. The summed E-state index contributed by atoms with van der Waals surface area (Å²) in [6.07, 6.45) is 4.48. The number of nitrogens with zero attached hydrogens (tertiary/aromatic N) is 4. The van der Waals surface area contributed by atoms with E-state index in [4.69, 9.17) is 15.2 Å². The van der Waals surface area contributed by atoms with Gasteiger partial charge in [-0.15, -0.1) is 0 Å². The van der Waals surface area contributed by atoms with Crippen LogP contribution in [0, 0.1) is 0 Å². The third-order valence-corrected chi connectivity index (χ3v) is 5.03. The van der Waals surface area contributed by atoms with Crippen molar-refractivity contribution in [2.75, 3.05) is 24.8 Å². The molecule has 3 aromatic rings. The number of aromatic nitrogens is 4. The van der Waals surface area contributed by atoms with Crippen molar-refractivity contribution in [2.45, 2.75) is 32.4 Å². The highest BCUT2D eigenvalue weighted by molar-refractivity contribution is 6.03. The monoisotopic (exact) mass is 453 g/mol. The van der Waals surface area contributed by atoms with Crippen LogP contribution in [0.5, 0.6) is 11.5 Å². The molecule has 1 aromatic carbocycles. The Morgan fingerprint density at radius 1 is 1.24 bits per heavy atom. The molecule has 2 amide bonds. The normalized spacial score (nSPS) is 12.9. The first kappa shape index (κ1) is 22.0. The number of nitrogen functional groups attached to an aromatic ring is 1. The second-order valence-electron chi connectivity index (χ2n) is 7.39. The van der Waals surface area contributed by atoms with Crippen molar-refractivity contribution >= 4 is 34.6 Å². The van der Waals surface area contributed by atoms with Crippen LogP contribution >= 0.6 is 0 Å². The number of amides is 2. The molecule has 0 aliphatic heterocycles. The minimum absolute atomic E-state index is 0.0127. The molecule has 2 aromatic heterocycles. The van der Waals surface area contributed by atoms with Gasteiger partial charge in [0.1, 0.15) is 5.52 Å². The van der Waals surface area contributed by atoms with Crippen LogP contribution < -0.4 is 31.4 Å². The summed E-state index contributed by atoms with van der Waals surface area (Å²) >= 11 is 0. The lowest BCUT2D eigenvalue weighted by molar-refractivity contribution is -0.123. The summed E-state index contributed by atoms with van der Waals surface area (Å²) in [7, 11) is 1.41.